The molecule has 1 N–H and O–H groups in total. The fourth-order valence-corrected chi connectivity index (χ4v) is 3.04. The molecular formula is C20H31NO4. The summed E-state index contributed by atoms with van der Waals surface area (Å²) in [5.74, 6) is -1.76. The lowest BCUT2D eigenvalue weighted by Crippen LogP contribution is -2.41. The molecule has 0 fully saturated rings. The van der Waals surface area contributed by atoms with Crippen LogP contribution in [0.5, 0.6) is 0 Å². The van der Waals surface area contributed by atoms with E-state index in [-0.39, 0.29) is 17.3 Å². The van der Waals surface area contributed by atoms with Crippen molar-refractivity contribution in [1.29, 1.82) is 0 Å². The minimum Gasteiger partial charge on any atom is -0.509 e. The summed E-state index contributed by atoms with van der Waals surface area (Å²) in [4.78, 5) is 37.6. The second kappa shape index (κ2) is 10.2. The molecule has 1 heterocycles. The molecule has 2 amide bonds. The number of carbonyl (C=O) groups is 3. The van der Waals surface area contributed by atoms with E-state index in [2.05, 4.69) is 6.92 Å². The van der Waals surface area contributed by atoms with Gasteiger partial charge in [0.25, 0.3) is 11.8 Å². The molecule has 0 saturated carbocycles. The number of carbonyl (C=O) groups excluding carboxylic acids is 3. The summed E-state index contributed by atoms with van der Waals surface area (Å²) in [5.41, 5.74) is -0.257. The van der Waals surface area contributed by atoms with Crippen LogP contribution in [-0.4, -0.2) is 33.6 Å². The van der Waals surface area contributed by atoms with E-state index in [0.717, 1.165) is 24.2 Å². The van der Waals surface area contributed by atoms with Gasteiger partial charge in [-0.3, -0.25) is 19.3 Å². The highest BCUT2D eigenvalue weighted by atomic mass is 16.3. The zero-order chi connectivity index (χ0) is 19.0. The van der Waals surface area contributed by atoms with Crippen molar-refractivity contribution in [3.05, 3.63) is 23.5 Å². The lowest BCUT2D eigenvalue weighted by atomic mass is 10.0. The average molecular weight is 349 g/mol. The second-order valence-corrected chi connectivity index (χ2v) is 7.08. The number of aliphatic hydroxyl groups excluding tert-OH is 1. The van der Waals surface area contributed by atoms with Gasteiger partial charge in [0.15, 0.2) is 5.78 Å². The third kappa shape index (κ3) is 5.83. The molecule has 0 aromatic heterocycles. The Morgan fingerprint density at radius 3 is 2.40 bits per heavy atom. The zero-order valence-electron chi connectivity index (χ0n) is 15.9. The number of unbranched alkanes of at least 4 members (excludes halogenated alkanes) is 5. The van der Waals surface area contributed by atoms with Crippen LogP contribution in [0.1, 0.15) is 72.6 Å². The van der Waals surface area contributed by atoms with Gasteiger partial charge >= 0.3 is 0 Å². The number of Topliss-reactive ketones (excluding diaryl/α,β-unsaturated/α-hetero) is 1. The molecule has 5 nitrogen and oxygen atoms in total. The van der Waals surface area contributed by atoms with Crippen molar-refractivity contribution in [2.75, 3.05) is 0 Å². The van der Waals surface area contributed by atoms with Gasteiger partial charge in [-0.15, -0.1) is 0 Å². The van der Waals surface area contributed by atoms with E-state index < -0.39 is 23.6 Å². The largest absolute Gasteiger partial charge is 0.509 e. The zero-order valence-corrected chi connectivity index (χ0v) is 15.9. The molecule has 0 aromatic rings. The number of hydrogen-bond acceptors (Lipinski definition) is 4. The molecule has 1 aliphatic rings. The second-order valence-electron chi connectivity index (χ2n) is 7.08. The summed E-state index contributed by atoms with van der Waals surface area (Å²) >= 11 is 0. The van der Waals surface area contributed by atoms with E-state index in [1.807, 2.05) is 13.8 Å². The number of allylic oxidation sites excluding steroid dienone is 1. The number of ketones is 1. The molecule has 140 valence electrons. The first-order valence-electron chi connectivity index (χ1n) is 9.29. The van der Waals surface area contributed by atoms with E-state index in [1.165, 1.54) is 32.3 Å². The van der Waals surface area contributed by atoms with Gasteiger partial charge in [-0.1, -0.05) is 52.5 Å². The summed E-state index contributed by atoms with van der Waals surface area (Å²) < 4.78 is 0. The average Bonchev–Trinajstić information content (AvgIpc) is 2.76. The van der Waals surface area contributed by atoms with Crippen LogP contribution in [0.4, 0.5) is 0 Å². The van der Waals surface area contributed by atoms with Crippen LogP contribution in [0.3, 0.4) is 0 Å². The molecule has 25 heavy (non-hydrogen) atoms. The maximum Gasteiger partial charge on any atom is 0.268 e. The Morgan fingerprint density at radius 1 is 1.20 bits per heavy atom. The number of nitrogens with zero attached hydrogens (tertiary/aromatic N) is 1. The van der Waals surface area contributed by atoms with Gasteiger partial charge in [0.05, 0.1) is 6.04 Å². The Labute approximate surface area is 150 Å². The maximum absolute atomic E-state index is 12.5. The SMILES string of the molecule is CCCCCCCC=CC(=O)N1C(=O)C(C(C)=O)=C(O)C1CC(C)C. The molecule has 0 radical (unpaired) electrons. The van der Waals surface area contributed by atoms with Crippen LogP contribution in [0.15, 0.2) is 23.5 Å². The number of amides is 2. The molecule has 1 unspecified atom stereocenters. The van der Waals surface area contributed by atoms with Crippen molar-refractivity contribution >= 4 is 17.6 Å². The monoisotopic (exact) mass is 349 g/mol. The normalized spacial score (nSPS) is 18.0. The third-order valence-corrected chi connectivity index (χ3v) is 4.34. The molecule has 0 bridgehead atoms. The Balaban J connectivity index is 2.75. The van der Waals surface area contributed by atoms with Gasteiger partial charge in [0.1, 0.15) is 11.3 Å². The minimum atomic E-state index is -0.742. The van der Waals surface area contributed by atoms with Crippen molar-refractivity contribution in [3.8, 4) is 0 Å². The molecule has 0 aliphatic carbocycles. The summed E-state index contributed by atoms with van der Waals surface area (Å²) in [6, 6.07) is -0.742. The number of rotatable bonds is 10. The summed E-state index contributed by atoms with van der Waals surface area (Å²) in [5, 5.41) is 10.3. The van der Waals surface area contributed by atoms with Gasteiger partial charge in [-0.2, -0.15) is 0 Å². The summed E-state index contributed by atoms with van der Waals surface area (Å²) in [7, 11) is 0. The van der Waals surface area contributed by atoms with Crippen LogP contribution >= 0.6 is 0 Å². The number of aliphatic hydroxyl groups is 1. The van der Waals surface area contributed by atoms with Crippen molar-refractivity contribution in [2.45, 2.75) is 78.7 Å². The first-order chi connectivity index (χ1) is 11.8. The fraction of sp³-hybridized carbons (Fsp3) is 0.650. The predicted octanol–water partition coefficient (Wildman–Crippen LogP) is 4.09. The van der Waals surface area contributed by atoms with Crippen molar-refractivity contribution in [2.24, 2.45) is 5.92 Å². The highest BCUT2D eigenvalue weighted by Crippen LogP contribution is 2.29. The number of hydrogen-bond donors (Lipinski definition) is 1. The lowest BCUT2D eigenvalue weighted by molar-refractivity contribution is -0.140. The van der Waals surface area contributed by atoms with Crippen LogP contribution < -0.4 is 0 Å². The smallest absolute Gasteiger partial charge is 0.268 e. The maximum atomic E-state index is 12.5. The highest BCUT2D eigenvalue weighted by Gasteiger charge is 2.44. The van der Waals surface area contributed by atoms with Crippen LogP contribution in [-0.2, 0) is 14.4 Å². The summed E-state index contributed by atoms with van der Waals surface area (Å²) in [6.07, 6.45) is 10.1. The van der Waals surface area contributed by atoms with Gasteiger partial charge in [-0.05, 0) is 38.2 Å². The van der Waals surface area contributed by atoms with E-state index in [0.29, 0.717) is 6.42 Å². The van der Waals surface area contributed by atoms with Crippen molar-refractivity contribution in [3.63, 3.8) is 0 Å². The van der Waals surface area contributed by atoms with E-state index in [9.17, 15) is 19.5 Å². The van der Waals surface area contributed by atoms with E-state index in [4.69, 9.17) is 0 Å². The summed E-state index contributed by atoms with van der Waals surface area (Å²) in [6.45, 7) is 7.28. The third-order valence-electron chi connectivity index (χ3n) is 4.34. The van der Waals surface area contributed by atoms with Crippen LogP contribution in [0.25, 0.3) is 0 Å². The van der Waals surface area contributed by atoms with Crippen LogP contribution in [0.2, 0.25) is 0 Å². The Kier molecular flexibility index (Phi) is 8.59. The molecule has 0 aromatic carbocycles. The first kappa shape index (κ1) is 21.1. The lowest BCUT2D eigenvalue weighted by Gasteiger charge is -2.23. The molecule has 1 atom stereocenters. The molecule has 5 heteroatoms. The van der Waals surface area contributed by atoms with Gasteiger partial charge in [0, 0.05) is 0 Å². The quantitative estimate of drug-likeness (QED) is 0.366. The number of imide groups is 1. The first-order valence-corrected chi connectivity index (χ1v) is 9.29. The molecule has 0 saturated heterocycles. The Morgan fingerprint density at radius 2 is 1.84 bits per heavy atom. The molecular weight excluding hydrogens is 318 g/mol. The van der Waals surface area contributed by atoms with Gasteiger partial charge in [0.2, 0.25) is 0 Å². The fourth-order valence-electron chi connectivity index (χ4n) is 3.04. The Bertz CT molecular complexity index is 560. The Hall–Kier alpha value is -1.91. The van der Waals surface area contributed by atoms with Gasteiger partial charge in [-0.25, -0.2) is 0 Å². The van der Waals surface area contributed by atoms with E-state index >= 15 is 0 Å². The minimum absolute atomic E-state index is 0.170. The standard InChI is InChI=1S/C20H31NO4/c1-5-6-7-8-9-10-11-12-17(23)21-16(13-14(2)3)19(24)18(15(4)22)20(21)25/h11-12,14,16,24H,5-10,13H2,1-4H3. The molecule has 1 aliphatic heterocycles. The van der Waals surface area contributed by atoms with Crippen molar-refractivity contribution < 1.29 is 19.5 Å². The predicted molar refractivity (Wildman–Crippen MR) is 97.9 cm³/mol. The van der Waals surface area contributed by atoms with E-state index in [1.54, 1.807) is 6.08 Å². The highest BCUT2D eigenvalue weighted by molar-refractivity contribution is 6.24. The van der Waals surface area contributed by atoms with Crippen molar-refractivity contribution in [1.82, 2.24) is 4.90 Å². The van der Waals surface area contributed by atoms with Gasteiger partial charge < -0.3 is 5.11 Å². The molecule has 0 spiro atoms. The van der Waals surface area contributed by atoms with Crippen LogP contribution in [0, 0.1) is 5.92 Å². The molecule has 1 rings (SSSR count). The topological polar surface area (TPSA) is 74.7 Å².